The van der Waals surface area contributed by atoms with Gasteiger partial charge in [0.15, 0.2) is 72.3 Å². The van der Waals surface area contributed by atoms with Gasteiger partial charge in [-0.15, -0.1) is 0 Å². The molecule has 0 aromatic heterocycles. The maximum Gasteiger partial charge on any atom is 0.480 e. The van der Waals surface area contributed by atoms with Crippen LogP contribution in [-0.2, 0) is 65.8 Å². The number of benzene rings is 8. The van der Waals surface area contributed by atoms with Crippen LogP contribution in [0.25, 0.3) is 0 Å². The van der Waals surface area contributed by atoms with Crippen LogP contribution in [0.2, 0.25) is 75.0 Å². The Hall–Kier alpha value is -3.41. The standard InChI is InChI=1S/C60H80O16Si16/c1-77(53-33-17-9-18-34-53)61-85-49-86(62-78(2)54-35-19-10-20-36-54)70-89(65-81(5)57-41-25-13-26-42-57)50-87(69-85,63-79(3)55-37-21-11-22-38-55)75-90(66-82(6)58-43-27-14-28-44-58)51-88(73-85,64-80(4)56-39-23-12-24-40-56)71-91(74-86,67-83(7)59-45-29-15-30-46-59)52-92(72-90,76-89)68-84(8)60-47-31-16-32-48-60/h9-48,77-84H,49-52H2,1-8H3. The van der Waals surface area contributed by atoms with E-state index in [1.807, 2.05) is 146 Å². The second-order valence-corrected chi connectivity index (χ2v) is 70.6. The fourth-order valence-corrected chi connectivity index (χ4v) is 102. The Labute approximate surface area is 563 Å². The molecule has 6 fully saturated rings. The Bertz CT molecular complexity index is 2910. The SMILES string of the molecule is C[SiH](O[Si]12C[Si]3(O[SiH](C)c4ccccc4)O[Si]4(O[SiH](C)c5ccccc5)C[Si]5(O[SiH](C)c6ccccc6)O[Si](O[SiH](C)c6ccccc6)(C[Si](O[SiH](C)c6ccccc6)(O1)O4)O[Si](O[SiH](C)c1ccccc1)(C[Si](O[SiH](C)c1ccccc1)(O3)O5)O2)c1ccccc1. The molecule has 14 rings (SSSR count). The molecule has 8 aromatic rings. The highest BCUT2D eigenvalue weighted by Crippen LogP contribution is 2.55. The van der Waals surface area contributed by atoms with Crippen molar-refractivity contribution in [2.45, 2.75) is 75.0 Å². The van der Waals surface area contributed by atoms with Crippen molar-refractivity contribution >= 4 is 184 Å². The van der Waals surface area contributed by atoms with Gasteiger partial charge in [0.2, 0.25) is 0 Å². The lowest BCUT2D eigenvalue weighted by molar-refractivity contribution is 0.0402. The fourth-order valence-electron chi connectivity index (χ4n) is 12.9. The summed E-state index contributed by atoms with van der Waals surface area (Å²) < 4.78 is 133. The lowest BCUT2D eigenvalue weighted by Gasteiger charge is -2.62. The van der Waals surface area contributed by atoms with Crippen molar-refractivity contribution in [3.8, 4) is 0 Å². The number of hydrogen-bond donors (Lipinski definition) is 0. The maximum absolute atomic E-state index is 8.58. The second-order valence-electron chi connectivity index (χ2n) is 24.4. The first-order chi connectivity index (χ1) is 44.4. The van der Waals surface area contributed by atoms with Gasteiger partial charge in [-0.05, 0) is 93.9 Å². The molecule has 0 radical (unpaired) electrons. The Morgan fingerprint density at radius 3 is 0.380 bits per heavy atom. The molecular weight excluding hydrogens is 1430 g/mol. The molecule has 92 heavy (non-hydrogen) atoms. The third-order valence-corrected chi connectivity index (χ3v) is 84.4. The topological polar surface area (TPSA) is 148 Å². The summed E-state index contributed by atoms with van der Waals surface area (Å²) in [6.45, 7) is 17.4. The summed E-state index contributed by atoms with van der Waals surface area (Å²) in [6, 6.07) is 82.9. The van der Waals surface area contributed by atoms with Gasteiger partial charge in [0.1, 0.15) is 0 Å². The molecule has 0 saturated carbocycles. The van der Waals surface area contributed by atoms with Gasteiger partial charge in [0.05, 0.1) is 22.7 Å². The van der Waals surface area contributed by atoms with E-state index in [4.69, 9.17) is 65.8 Å². The average Bonchev–Trinajstić information content (AvgIpc) is 0.683. The normalized spacial score (nSPS) is 30.9. The molecule has 6 aliphatic heterocycles. The van der Waals surface area contributed by atoms with Crippen LogP contribution >= 0.6 is 0 Å². The van der Waals surface area contributed by atoms with Crippen LogP contribution in [0.5, 0.6) is 0 Å². The molecule has 32 heteroatoms. The summed E-state index contributed by atoms with van der Waals surface area (Å²) in [7, 11) is -58.3. The largest absolute Gasteiger partial charge is 0.480 e. The minimum atomic E-state index is -4.67. The van der Waals surface area contributed by atoms with Crippen molar-refractivity contribution in [3.05, 3.63) is 243 Å². The Morgan fingerprint density at radius 1 is 0.185 bits per heavy atom. The fraction of sp³-hybridized carbons (Fsp3) is 0.200. The highest BCUT2D eigenvalue weighted by Gasteiger charge is 2.86. The van der Waals surface area contributed by atoms with Crippen LogP contribution in [0.3, 0.4) is 0 Å². The number of hydrogen-bond acceptors (Lipinski definition) is 16. The van der Waals surface area contributed by atoms with Crippen LogP contribution in [0.1, 0.15) is 0 Å². The predicted octanol–water partition coefficient (Wildman–Crippen LogP) is 4.07. The summed E-state index contributed by atoms with van der Waals surface area (Å²) in [6.07, 6.45) is 0. The van der Waals surface area contributed by atoms with Gasteiger partial charge in [-0.25, -0.2) is 0 Å². The molecular formula is C60H80O16Si16. The molecule has 0 N–H and O–H groups in total. The van der Waals surface area contributed by atoms with Crippen LogP contribution < -0.4 is 41.5 Å². The van der Waals surface area contributed by atoms with E-state index in [-0.39, 0.29) is 22.7 Å². The van der Waals surface area contributed by atoms with Crippen LogP contribution in [-0.4, -0.2) is 143 Å². The Balaban J connectivity index is 1.15. The van der Waals surface area contributed by atoms with E-state index in [1.54, 1.807) is 0 Å². The van der Waals surface area contributed by atoms with Gasteiger partial charge in [-0.3, -0.25) is 0 Å². The first-order valence-corrected chi connectivity index (χ1v) is 64.9. The van der Waals surface area contributed by atoms with Crippen molar-refractivity contribution in [2.24, 2.45) is 0 Å². The summed E-state index contributed by atoms with van der Waals surface area (Å²) in [5, 5.41) is 8.26. The summed E-state index contributed by atoms with van der Waals surface area (Å²) in [5.74, 6) is 0. The average molecular weight is 1510 g/mol. The minimum Gasteiger partial charge on any atom is -0.415 e. The molecule has 0 amide bonds. The highest BCUT2D eigenvalue weighted by atomic mass is 28.6. The molecule has 6 aliphatic rings. The third kappa shape index (κ3) is 15.2. The molecule has 6 saturated heterocycles. The molecule has 8 aromatic carbocycles. The van der Waals surface area contributed by atoms with Gasteiger partial charge in [-0.2, -0.15) is 0 Å². The Morgan fingerprint density at radius 2 is 0.283 bits per heavy atom. The zero-order chi connectivity index (χ0) is 63.7. The van der Waals surface area contributed by atoms with E-state index in [0.29, 0.717) is 0 Å². The zero-order valence-electron chi connectivity index (χ0n) is 53.1. The van der Waals surface area contributed by atoms with Crippen LogP contribution in [0.15, 0.2) is 243 Å². The third-order valence-electron chi connectivity index (χ3n) is 17.2. The van der Waals surface area contributed by atoms with Crippen molar-refractivity contribution in [1.82, 2.24) is 0 Å². The highest BCUT2D eigenvalue weighted by molar-refractivity contribution is 7.12. The first kappa shape index (κ1) is 67.2. The van der Waals surface area contributed by atoms with Crippen molar-refractivity contribution in [3.63, 3.8) is 0 Å². The Kier molecular flexibility index (Phi) is 20.6. The van der Waals surface area contributed by atoms with E-state index in [0.717, 1.165) is 41.5 Å². The quantitative estimate of drug-likeness (QED) is 0.0801. The van der Waals surface area contributed by atoms with Crippen LogP contribution in [0, 0.1) is 0 Å². The molecule has 8 atom stereocenters. The zero-order valence-corrected chi connectivity index (χ0v) is 70.3. The second kappa shape index (κ2) is 28.2. The van der Waals surface area contributed by atoms with E-state index >= 15 is 0 Å². The minimum absolute atomic E-state index is 0.0853. The molecule has 0 aliphatic carbocycles. The molecule has 6 heterocycles. The van der Waals surface area contributed by atoms with E-state index in [1.165, 1.54) is 0 Å². The maximum atomic E-state index is 8.58. The summed E-state index contributed by atoms with van der Waals surface area (Å²) in [4.78, 5) is 0. The predicted molar refractivity (Wildman–Crippen MR) is 395 cm³/mol. The van der Waals surface area contributed by atoms with Crippen molar-refractivity contribution in [1.29, 1.82) is 0 Å². The van der Waals surface area contributed by atoms with E-state index < -0.39 is 143 Å². The van der Waals surface area contributed by atoms with Gasteiger partial charge >= 0.3 is 70.4 Å². The molecule has 8 bridgehead atoms. The van der Waals surface area contributed by atoms with E-state index in [2.05, 4.69) is 149 Å². The smallest absolute Gasteiger partial charge is 0.415 e. The lowest BCUT2D eigenvalue weighted by Crippen LogP contribution is -2.89. The molecule has 0 spiro atoms. The summed E-state index contributed by atoms with van der Waals surface area (Å²) in [5.41, 5.74) is -0.341. The lowest BCUT2D eigenvalue weighted by atomic mass is 10.4. The monoisotopic (exact) mass is 1500 g/mol. The number of rotatable bonds is 24. The van der Waals surface area contributed by atoms with Gasteiger partial charge in [0.25, 0.3) is 0 Å². The van der Waals surface area contributed by atoms with Crippen LogP contribution in [0.4, 0.5) is 0 Å². The summed E-state index contributed by atoms with van der Waals surface area (Å²) >= 11 is 0. The van der Waals surface area contributed by atoms with Gasteiger partial charge < -0.3 is 65.8 Å². The van der Waals surface area contributed by atoms with Crippen molar-refractivity contribution < 1.29 is 65.8 Å². The molecule has 480 valence electrons. The van der Waals surface area contributed by atoms with Gasteiger partial charge in [0, 0.05) is 0 Å². The van der Waals surface area contributed by atoms with E-state index in [9.17, 15) is 0 Å². The molecule has 16 nitrogen and oxygen atoms in total. The van der Waals surface area contributed by atoms with Crippen molar-refractivity contribution in [2.75, 3.05) is 0 Å². The molecule has 8 unspecified atom stereocenters. The first-order valence-electron chi connectivity index (χ1n) is 31.8. The van der Waals surface area contributed by atoms with Gasteiger partial charge in [-0.1, -0.05) is 243 Å².